The molecule has 2 aliphatic rings. The van der Waals surface area contributed by atoms with Crippen LogP contribution < -0.4 is 4.74 Å². The van der Waals surface area contributed by atoms with Gasteiger partial charge in [-0.25, -0.2) is 0 Å². The first-order valence-electron chi connectivity index (χ1n) is 7.41. The van der Waals surface area contributed by atoms with Crippen molar-refractivity contribution in [2.24, 2.45) is 0 Å². The second kappa shape index (κ2) is 6.15. The zero-order chi connectivity index (χ0) is 13.1. The zero-order valence-corrected chi connectivity index (χ0v) is 12.1. The molecule has 0 radical (unpaired) electrons. The molecule has 0 amide bonds. The fraction of sp³-hybridized carbons (Fsp3) is 0.625. The van der Waals surface area contributed by atoms with Crippen LogP contribution in [0.25, 0.3) is 0 Å². The van der Waals surface area contributed by atoms with E-state index in [-0.39, 0.29) is 0 Å². The van der Waals surface area contributed by atoms with Crippen molar-refractivity contribution in [2.75, 3.05) is 19.0 Å². The number of nitrogens with zero attached hydrogens (tertiary/aromatic N) is 1. The van der Waals surface area contributed by atoms with Gasteiger partial charge in [-0.05, 0) is 43.9 Å². The van der Waals surface area contributed by atoms with Crippen LogP contribution >= 0.6 is 11.6 Å². The number of hydrogen-bond donors (Lipinski definition) is 0. The molecule has 3 heteroatoms. The molecule has 1 aromatic carbocycles. The fourth-order valence-corrected chi connectivity index (χ4v) is 3.55. The molecule has 0 spiro atoms. The highest BCUT2D eigenvalue weighted by Crippen LogP contribution is 2.30. The second-order valence-electron chi connectivity index (χ2n) is 5.67. The van der Waals surface area contributed by atoms with E-state index in [4.69, 9.17) is 16.3 Å². The van der Waals surface area contributed by atoms with Crippen LogP contribution in [0.5, 0.6) is 5.75 Å². The summed E-state index contributed by atoms with van der Waals surface area (Å²) in [6, 6.07) is 9.16. The maximum Gasteiger partial charge on any atom is 0.123 e. The monoisotopic (exact) mass is 279 g/mol. The highest BCUT2D eigenvalue weighted by atomic mass is 35.5. The molecule has 2 nitrogen and oxygen atoms in total. The van der Waals surface area contributed by atoms with Gasteiger partial charge in [0.2, 0.25) is 0 Å². The first-order chi connectivity index (χ1) is 9.36. The lowest BCUT2D eigenvalue weighted by molar-refractivity contribution is 0.138. The molecule has 0 aliphatic carbocycles. The Bertz CT molecular complexity index is 398. The molecule has 2 atom stereocenters. The van der Waals surface area contributed by atoms with Gasteiger partial charge in [-0.3, -0.25) is 4.90 Å². The Morgan fingerprint density at radius 2 is 2.21 bits per heavy atom. The number of hydrogen-bond acceptors (Lipinski definition) is 2. The van der Waals surface area contributed by atoms with Crippen LogP contribution in [-0.2, 0) is 6.42 Å². The maximum atomic E-state index is 6.05. The van der Waals surface area contributed by atoms with Crippen molar-refractivity contribution < 1.29 is 4.74 Å². The van der Waals surface area contributed by atoms with Crippen LogP contribution in [0.15, 0.2) is 24.3 Å². The summed E-state index contributed by atoms with van der Waals surface area (Å²) in [6.07, 6.45) is 6.43. The number of alkyl halides is 1. The number of para-hydroxylation sites is 1. The highest BCUT2D eigenvalue weighted by molar-refractivity contribution is 6.17. The number of fused-ring (bicyclic) bond motifs is 1. The lowest BCUT2D eigenvalue weighted by Crippen LogP contribution is -2.38. The number of rotatable bonds is 5. The molecule has 1 aromatic rings. The Balaban J connectivity index is 1.55. The van der Waals surface area contributed by atoms with Crippen molar-refractivity contribution >= 4 is 11.6 Å². The zero-order valence-electron chi connectivity index (χ0n) is 11.4. The summed E-state index contributed by atoms with van der Waals surface area (Å²) in [7, 11) is 0. The minimum atomic E-state index is 0.342. The molecule has 0 N–H and O–H groups in total. The minimum Gasteiger partial charge on any atom is -0.488 e. The van der Waals surface area contributed by atoms with Gasteiger partial charge in [-0.1, -0.05) is 18.2 Å². The SMILES string of the molecule is ClCCCC1CCCN1CC1Cc2ccccc2O1. The third-order valence-electron chi connectivity index (χ3n) is 4.32. The van der Waals surface area contributed by atoms with E-state index < -0.39 is 0 Å². The summed E-state index contributed by atoms with van der Waals surface area (Å²) in [4.78, 5) is 2.61. The van der Waals surface area contributed by atoms with Crippen molar-refractivity contribution in [3.63, 3.8) is 0 Å². The molecule has 104 valence electrons. The van der Waals surface area contributed by atoms with Gasteiger partial charge in [0.25, 0.3) is 0 Å². The predicted octanol–water partition coefficient (Wildman–Crippen LogP) is 3.47. The van der Waals surface area contributed by atoms with Gasteiger partial charge in [-0.15, -0.1) is 11.6 Å². The molecular weight excluding hydrogens is 258 g/mol. The van der Waals surface area contributed by atoms with Crippen LogP contribution in [0.4, 0.5) is 0 Å². The molecule has 1 saturated heterocycles. The van der Waals surface area contributed by atoms with E-state index >= 15 is 0 Å². The topological polar surface area (TPSA) is 12.5 Å². The quantitative estimate of drug-likeness (QED) is 0.765. The van der Waals surface area contributed by atoms with Crippen LogP contribution in [0, 0.1) is 0 Å². The lowest BCUT2D eigenvalue weighted by atomic mass is 10.1. The van der Waals surface area contributed by atoms with E-state index in [1.165, 1.54) is 31.4 Å². The van der Waals surface area contributed by atoms with E-state index in [1.807, 2.05) is 0 Å². The van der Waals surface area contributed by atoms with E-state index in [2.05, 4.69) is 29.2 Å². The molecule has 19 heavy (non-hydrogen) atoms. The van der Waals surface area contributed by atoms with Crippen LogP contribution in [-0.4, -0.2) is 36.0 Å². The maximum absolute atomic E-state index is 6.05. The number of likely N-dealkylation sites (tertiary alicyclic amines) is 1. The molecule has 1 fully saturated rings. The second-order valence-corrected chi connectivity index (χ2v) is 6.05. The lowest BCUT2D eigenvalue weighted by Gasteiger charge is -2.26. The number of ether oxygens (including phenoxy) is 1. The number of halogens is 1. The van der Waals surface area contributed by atoms with Gasteiger partial charge in [-0.2, -0.15) is 0 Å². The smallest absolute Gasteiger partial charge is 0.123 e. The third kappa shape index (κ3) is 3.06. The average molecular weight is 280 g/mol. The van der Waals surface area contributed by atoms with Crippen LogP contribution in [0.1, 0.15) is 31.2 Å². The Hall–Kier alpha value is -0.730. The fourth-order valence-electron chi connectivity index (χ4n) is 3.39. The van der Waals surface area contributed by atoms with Crippen LogP contribution in [0.2, 0.25) is 0 Å². The van der Waals surface area contributed by atoms with E-state index in [9.17, 15) is 0 Å². The van der Waals surface area contributed by atoms with Crippen molar-refractivity contribution in [3.8, 4) is 5.75 Å². The average Bonchev–Trinajstić information content (AvgIpc) is 3.02. The van der Waals surface area contributed by atoms with E-state index in [1.54, 1.807) is 0 Å². The number of benzene rings is 1. The summed E-state index contributed by atoms with van der Waals surface area (Å²) in [6.45, 7) is 2.30. The largest absolute Gasteiger partial charge is 0.488 e. The summed E-state index contributed by atoms with van der Waals surface area (Å²) in [5.74, 6) is 1.87. The third-order valence-corrected chi connectivity index (χ3v) is 4.59. The normalized spacial score (nSPS) is 26.4. The molecular formula is C16H22ClNO. The summed E-state index contributed by atoms with van der Waals surface area (Å²) < 4.78 is 6.05. The van der Waals surface area contributed by atoms with E-state index in [0.717, 1.165) is 37.1 Å². The molecule has 3 rings (SSSR count). The van der Waals surface area contributed by atoms with Gasteiger partial charge >= 0.3 is 0 Å². The van der Waals surface area contributed by atoms with Gasteiger partial charge in [0.1, 0.15) is 11.9 Å². The molecule has 2 aliphatic heterocycles. The van der Waals surface area contributed by atoms with Crippen molar-refractivity contribution in [1.29, 1.82) is 0 Å². The Morgan fingerprint density at radius 3 is 3.05 bits per heavy atom. The van der Waals surface area contributed by atoms with Gasteiger partial charge < -0.3 is 4.74 Å². The Labute approximate surface area is 120 Å². The highest BCUT2D eigenvalue weighted by Gasteiger charge is 2.30. The molecule has 2 heterocycles. The van der Waals surface area contributed by atoms with Crippen molar-refractivity contribution in [2.45, 2.75) is 44.2 Å². The summed E-state index contributed by atoms with van der Waals surface area (Å²) in [5.41, 5.74) is 1.36. The molecule has 0 saturated carbocycles. The molecule has 0 bridgehead atoms. The Kier molecular flexibility index (Phi) is 4.29. The first kappa shape index (κ1) is 13.3. The van der Waals surface area contributed by atoms with Gasteiger partial charge in [0.05, 0.1) is 0 Å². The van der Waals surface area contributed by atoms with Gasteiger partial charge in [0, 0.05) is 24.9 Å². The van der Waals surface area contributed by atoms with Gasteiger partial charge in [0.15, 0.2) is 0 Å². The van der Waals surface area contributed by atoms with Crippen LogP contribution in [0.3, 0.4) is 0 Å². The van der Waals surface area contributed by atoms with Crippen molar-refractivity contribution in [1.82, 2.24) is 4.90 Å². The standard InChI is InChI=1S/C16H22ClNO/c17-9-3-6-14-7-4-10-18(14)12-15-11-13-5-1-2-8-16(13)19-15/h1-2,5,8,14-15H,3-4,6-7,9-12H2. The first-order valence-corrected chi connectivity index (χ1v) is 7.95. The summed E-state index contributed by atoms with van der Waals surface area (Å²) in [5, 5.41) is 0. The van der Waals surface area contributed by atoms with Crippen molar-refractivity contribution in [3.05, 3.63) is 29.8 Å². The molecule has 2 unspecified atom stereocenters. The Morgan fingerprint density at radius 1 is 1.32 bits per heavy atom. The predicted molar refractivity (Wildman–Crippen MR) is 79.1 cm³/mol. The van der Waals surface area contributed by atoms with E-state index in [0.29, 0.717) is 6.10 Å². The molecule has 0 aromatic heterocycles. The summed E-state index contributed by atoms with van der Waals surface area (Å²) >= 11 is 5.82. The minimum absolute atomic E-state index is 0.342.